The molecule has 0 N–H and O–H groups in total. The number of hydrogen-bond donors (Lipinski definition) is 0. The van der Waals surface area contributed by atoms with Crippen LogP contribution in [-0.4, -0.2) is 50.6 Å². The maximum atomic E-state index is 13.2. The normalized spacial score (nSPS) is 15.7. The number of aryl methyl sites for hydroxylation is 4. The first-order chi connectivity index (χ1) is 26.2. The van der Waals surface area contributed by atoms with Crippen molar-refractivity contribution in [2.75, 3.05) is 26.4 Å². The van der Waals surface area contributed by atoms with Crippen molar-refractivity contribution in [3.8, 4) is 45.3 Å². The van der Waals surface area contributed by atoms with Crippen molar-refractivity contribution in [3.63, 3.8) is 0 Å². The Morgan fingerprint density at radius 3 is 1.37 bits per heavy atom. The lowest BCUT2D eigenvalue weighted by Gasteiger charge is -2.15. The number of esters is 2. The average Bonchev–Trinajstić information content (AvgIpc) is 4.11. The fourth-order valence-corrected chi connectivity index (χ4v) is 6.54. The molecule has 0 bridgehead atoms. The van der Waals surface area contributed by atoms with Crippen molar-refractivity contribution in [2.45, 2.75) is 65.6 Å². The van der Waals surface area contributed by atoms with E-state index < -0.39 is 11.9 Å². The van der Waals surface area contributed by atoms with Crippen LogP contribution in [0.3, 0.4) is 0 Å². The lowest BCUT2D eigenvalue weighted by atomic mass is 9.97. The highest BCUT2D eigenvalue weighted by molar-refractivity contribution is 5.94. The highest BCUT2D eigenvalue weighted by Gasteiger charge is 2.22. The molecule has 7 rings (SSSR count). The third-order valence-corrected chi connectivity index (χ3v) is 9.79. The second-order valence-corrected chi connectivity index (χ2v) is 14.2. The van der Waals surface area contributed by atoms with E-state index in [9.17, 15) is 9.59 Å². The minimum Gasteiger partial charge on any atom is -0.494 e. The van der Waals surface area contributed by atoms with Gasteiger partial charge in [0.2, 0.25) is 0 Å². The largest absolute Gasteiger partial charge is 0.494 e. The molecule has 2 unspecified atom stereocenters. The van der Waals surface area contributed by atoms with Crippen LogP contribution < -0.4 is 18.9 Å². The van der Waals surface area contributed by atoms with E-state index in [0.29, 0.717) is 48.0 Å². The number of epoxide rings is 2. The van der Waals surface area contributed by atoms with Gasteiger partial charge < -0.3 is 28.4 Å². The molecule has 2 saturated heterocycles. The quantitative estimate of drug-likeness (QED) is 0.0429. The summed E-state index contributed by atoms with van der Waals surface area (Å²) < 4.78 is 33.8. The van der Waals surface area contributed by atoms with E-state index >= 15 is 0 Å². The van der Waals surface area contributed by atoms with Gasteiger partial charge >= 0.3 is 11.9 Å². The Morgan fingerprint density at radius 1 is 0.519 bits per heavy atom. The molecule has 0 spiro atoms. The van der Waals surface area contributed by atoms with Gasteiger partial charge in [-0.05, 0) is 159 Å². The van der Waals surface area contributed by atoms with Gasteiger partial charge in [-0.1, -0.05) is 36.4 Å². The van der Waals surface area contributed by atoms with E-state index in [0.717, 1.165) is 94.9 Å². The van der Waals surface area contributed by atoms with Gasteiger partial charge in [-0.15, -0.1) is 0 Å². The average molecular weight is 727 g/mol. The van der Waals surface area contributed by atoms with Crippen LogP contribution in [0.25, 0.3) is 22.3 Å². The van der Waals surface area contributed by atoms with Gasteiger partial charge in [-0.25, -0.2) is 9.59 Å². The Balaban J connectivity index is 0.932. The number of rotatable bonds is 16. The molecule has 0 aromatic heterocycles. The Kier molecular flexibility index (Phi) is 11.4. The van der Waals surface area contributed by atoms with Gasteiger partial charge in [0, 0.05) is 0 Å². The van der Waals surface area contributed by atoms with E-state index in [1.807, 2.05) is 76.2 Å². The highest BCUT2D eigenvalue weighted by Crippen LogP contribution is 2.33. The lowest BCUT2D eigenvalue weighted by Crippen LogP contribution is -2.12. The Bertz CT molecular complexity index is 2090. The predicted molar refractivity (Wildman–Crippen MR) is 208 cm³/mol. The molecule has 0 aliphatic carbocycles. The molecule has 0 amide bonds. The zero-order valence-corrected chi connectivity index (χ0v) is 31.3. The van der Waals surface area contributed by atoms with Crippen LogP contribution in [0, 0.1) is 27.7 Å². The van der Waals surface area contributed by atoms with Crippen molar-refractivity contribution in [3.05, 3.63) is 130 Å². The van der Waals surface area contributed by atoms with Gasteiger partial charge in [-0.2, -0.15) is 0 Å². The first-order valence-electron chi connectivity index (χ1n) is 18.7. The SMILES string of the molecule is Cc1cc(OCCCC2CO2)ccc1C(=O)Oc1ccc(-c2ccc(-c3cc(C)c(OC(=O)c4ccc(OCCCC5CO5)cc4C)c(C)c3)cc2)cc1. The summed E-state index contributed by atoms with van der Waals surface area (Å²) >= 11 is 0. The molecule has 2 aliphatic rings. The molecule has 0 radical (unpaired) electrons. The third kappa shape index (κ3) is 9.56. The Morgan fingerprint density at radius 2 is 0.926 bits per heavy atom. The zero-order chi connectivity index (χ0) is 37.6. The molecule has 54 heavy (non-hydrogen) atoms. The second-order valence-electron chi connectivity index (χ2n) is 14.2. The van der Waals surface area contributed by atoms with Crippen LogP contribution in [0.1, 0.15) is 68.7 Å². The van der Waals surface area contributed by atoms with E-state index in [4.69, 9.17) is 28.4 Å². The van der Waals surface area contributed by atoms with E-state index in [1.165, 1.54) is 0 Å². The Labute approximate surface area is 316 Å². The molecule has 5 aromatic carbocycles. The molecule has 2 atom stereocenters. The number of hydrogen-bond acceptors (Lipinski definition) is 8. The maximum Gasteiger partial charge on any atom is 0.343 e. The Hall–Kier alpha value is -5.44. The van der Waals surface area contributed by atoms with E-state index in [2.05, 4.69) is 24.3 Å². The second kappa shape index (κ2) is 16.7. The van der Waals surface area contributed by atoms with Crippen molar-refractivity contribution < 1.29 is 38.0 Å². The van der Waals surface area contributed by atoms with Crippen LogP contribution in [0.5, 0.6) is 23.0 Å². The molecule has 2 aliphatic heterocycles. The first-order valence-corrected chi connectivity index (χ1v) is 18.7. The first kappa shape index (κ1) is 36.9. The van der Waals surface area contributed by atoms with E-state index in [-0.39, 0.29) is 0 Å². The topological polar surface area (TPSA) is 96.1 Å². The zero-order valence-electron chi connectivity index (χ0n) is 31.3. The summed E-state index contributed by atoms with van der Waals surface area (Å²) in [6.45, 7) is 10.6. The van der Waals surface area contributed by atoms with Crippen LogP contribution in [0.2, 0.25) is 0 Å². The number of benzene rings is 5. The number of ether oxygens (including phenoxy) is 6. The lowest BCUT2D eigenvalue weighted by molar-refractivity contribution is 0.0723. The molecular weight excluding hydrogens is 680 g/mol. The summed E-state index contributed by atoms with van der Waals surface area (Å²) in [5.41, 5.74) is 8.48. The van der Waals surface area contributed by atoms with Gasteiger partial charge in [0.1, 0.15) is 23.0 Å². The summed E-state index contributed by atoms with van der Waals surface area (Å²) in [6, 6.07) is 30.8. The summed E-state index contributed by atoms with van der Waals surface area (Å²) in [6.07, 6.45) is 4.69. The van der Waals surface area contributed by atoms with Gasteiger partial charge in [-0.3, -0.25) is 0 Å². The maximum absolute atomic E-state index is 13.2. The minimum atomic E-state index is -0.408. The van der Waals surface area contributed by atoms with Crippen molar-refractivity contribution in [1.82, 2.24) is 0 Å². The van der Waals surface area contributed by atoms with Crippen LogP contribution in [-0.2, 0) is 9.47 Å². The molecule has 278 valence electrons. The third-order valence-electron chi connectivity index (χ3n) is 9.79. The fourth-order valence-electron chi connectivity index (χ4n) is 6.54. The number of carbonyl (C=O) groups is 2. The van der Waals surface area contributed by atoms with Crippen LogP contribution >= 0.6 is 0 Å². The predicted octanol–water partition coefficient (Wildman–Crippen LogP) is 9.81. The monoisotopic (exact) mass is 726 g/mol. The summed E-state index contributed by atoms with van der Waals surface area (Å²) in [7, 11) is 0. The molecule has 8 nitrogen and oxygen atoms in total. The highest BCUT2D eigenvalue weighted by atomic mass is 16.6. The summed E-state index contributed by atoms with van der Waals surface area (Å²) in [5, 5.41) is 0. The van der Waals surface area contributed by atoms with Gasteiger partial charge in [0.05, 0.1) is 49.8 Å². The van der Waals surface area contributed by atoms with Crippen molar-refractivity contribution in [2.24, 2.45) is 0 Å². The standard InChI is InChI=1S/C46H46O8/c1-29-25-38(49-21-5-7-40-27-51-40)17-19-42(29)45(47)53-37-15-13-34(14-16-37)33-9-11-35(12-10-33)36-23-31(3)44(32(4)24-36)54-46(48)43-20-18-39(26-30(43)2)50-22-6-8-41-28-52-41/h9-20,23-26,40-41H,5-8,21-22,27-28H2,1-4H3. The molecule has 2 fully saturated rings. The molecule has 2 heterocycles. The minimum absolute atomic E-state index is 0.394. The molecular formula is C46H46O8. The van der Waals surface area contributed by atoms with Crippen LogP contribution in [0.4, 0.5) is 0 Å². The van der Waals surface area contributed by atoms with Gasteiger partial charge in [0.15, 0.2) is 0 Å². The summed E-state index contributed by atoms with van der Waals surface area (Å²) in [5.74, 6) is 1.72. The smallest absolute Gasteiger partial charge is 0.343 e. The molecule has 8 heteroatoms. The molecule has 0 saturated carbocycles. The van der Waals surface area contributed by atoms with Crippen molar-refractivity contribution in [1.29, 1.82) is 0 Å². The van der Waals surface area contributed by atoms with E-state index in [1.54, 1.807) is 24.3 Å². The number of carbonyl (C=O) groups excluding carboxylic acids is 2. The molecule has 5 aromatic rings. The van der Waals surface area contributed by atoms with Crippen molar-refractivity contribution >= 4 is 11.9 Å². The van der Waals surface area contributed by atoms with Crippen LogP contribution in [0.15, 0.2) is 97.1 Å². The van der Waals surface area contributed by atoms with Gasteiger partial charge in [0.25, 0.3) is 0 Å². The fraction of sp³-hybridized carbons (Fsp3) is 0.304. The summed E-state index contributed by atoms with van der Waals surface area (Å²) in [4.78, 5) is 26.2.